The van der Waals surface area contributed by atoms with E-state index in [0.717, 1.165) is 12.2 Å². The van der Waals surface area contributed by atoms with Gasteiger partial charge in [0.2, 0.25) is 0 Å². The lowest BCUT2D eigenvalue weighted by Gasteiger charge is -2.07. The molecule has 0 atom stereocenters. The molecular formula is C12H13ClN4OS. The van der Waals surface area contributed by atoms with E-state index in [4.69, 9.17) is 11.6 Å². The first kappa shape index (κ1) is 13.8. The van der Waals surface area contributed by atoms with E-state index >= 15 is 0 Å². The summed E-state index contributed by atoms with van der Waals surface area (Å²) in [6.07, 6.45) is 1.50. The third-order valence-corrected chi connectivity index (χ3v) is 3.28. The van der Waals surface area contributed by atoms with Gasteiger partial charge in [0, 0.05) is 18.1 Å². The lowest BCUT2D eigenvalue weighted by atomic mass is 10.2. The molecule has 0 bridgehead atoms. The fourth-order valence-electron chi connectivity index (χ4n) is 1.46. The summed E-state index contributed by atoms with van der Waals surface area (Å²) in [6, 6.07) is 1.60. The minimum absolute atomic E-state index is 0.217. The van der Waals surface area contributed by atoms with E-state index in [1.165, 1.54) is 17.5 Å². The molecule has 0 aliphatic heterocycles. The van der Waals surface area contributed by atoms with E-state index in [9.17, 15) is 4.79 Å². The molecule has 7 heteroatoms. The van der Waals surface area contributed by atoms with Crippen LogP contribution < -0.4 is 10.6 Å². The summed E-state index contributed by atoms with van der Waals surface area (Å²) in [5, 5.41) is 8.10. The number of hydrogen-bond acceptors (Lipinski definition) is 5. The average Bonchev–Trinajstić information content (AvgIpc) is 2.91. The van der Waals surface area contributed by atoms with Gasteiger partial charge < -0.3 is 10.6 Å². The van der Waals surface area contributed by atoms with Crippen molar-refractivity contribution in [1.29, 1.82) is 0 Å². The molecular weight excluding hydrogens is 284 g/mol. The average molecular weight is 297 g/mol. The molecule has 2 rings (SSSR count). The Morgan fingerprint density at radius 3 is 2.95 bits per heavy atom. The van der Waals surface area contributed by atoms with E-state index in [2.05, 4.69) is 20.6 Å². The molecule has 0 aromatic carbocycles. The van der Waals surface area contributed by atoms with Crippen molar-refractivity contribution in [1.82, 2.24) is 15.3 Å². The van der Waals surface area contributed by atoms with Crippen molar-refractivity contribution in [3.63, 3.8) is 0 Å². The highest BCUT2D eigenvalue weighted by Gasteiger charge is 2.09. The van der Waals surface area contributed by atoms with Crippen LogP contribution in [-0.2, 0) is 6.54 Å². The van der Waals surface area contributed by atoms with Gasteiger partial charge in [0.15, 0.2) is 0 Å². The summed E-state index contributed by atoms with van der Waals surface area (Å²) in [5.74, 6) is 0.366. The highest BCUT2D eigenvalue weighted by molar-refractivity contribution is 7.07. The molecule has 1 amide bonds. The molecule has 100 valence electrons. The van der Waals surface area contributed by atoms with Gasteiger partial charge in [-0.1, -0.05) is 11.6 Å². The number of carbonyl (C=O) groups is 1. The van der Waals surface area contributed by atoms with E-state index in [1.807, 2.05) is 12.3 Å². The molecule has 0 saturated carbocycles. The number of amides is 1. The van der Waals surface area contributed by atoms with Crippen molar-refractivity contribution in [3.05, 3.63) is 39.4 Å². The normalized spacial score (nSPS) is 10.2. The number of hydrogen-bond donors (Lipinski definition) is 2. The second-order valence-corrected chi connectivity index (χ2v) is 4.87. The molecule has 0 aliphatic rings. The van der Waals surface area contributed by atoms with E-state index < -0.39 is 0 Å². The Bertz CT molecular complexity index is 559. The Morgan fingerprint density at radius 2 is 2.32 bits per heavy atom. The van der Waals surface area contributed by atoms with Gasteiger partial charge in [0.25, 0.3) is 5.91 Å². The van der Waals surface area contributed by atoms with Gasteiger partial charge >= 0.3 is 0 Å². The van der Waals surface area contributed by atoms with Crippen molar-refractivity contribution >= 4 is 34.7 Å². The summed E-state index contributed by atoms with van der Waals surface area (Å²) in [7, 11) is 0. The maximum absolute atomic E-state index is 11.9. The minimum atomic E-state index is -0.217. The number of nitrogens with one attached hydrogen (secondary N) is 2. The standard InChI is InChI=1S/C12H13ClN4OS/c1-2-14-11-10(13)3-8(4-15-11)12(18)16-5-9-6-19-7-17-9/h3-4,6-7H,2,5H2,1H3,(H,14,15)(H,16,18). The van der Waals surface area contributed by atoms with Crippen molar-refractivity contribution in [2.75, 3.05) is 11.9 Å². The van der Waals surface area contributed by atoms with Gasteiger partial charge in [-0.15, -0.1) is 11.3 Å². The van der Waals surface area contributed by atoms with E-state index in [0.29, 0.717) is 22.9 Å². The van der Waals surface area contributed by atoms with E-state index in [-0.39, 0.29) is 5.91 Å². The second-order valence-electron chi connectivity index (χ2n) is 3.75. The third-order valence-electron chi connectivity index (χ3n) is 2.36. The van der Waals surface area contributed by atoms with Crippen LogP contribution >= 0.6 is 22.9 Å². The molecule has 2 aromatic heterocycles. The number of anilines is 1. The predicted molar refractivity (Wildman–Crippen MR) is 76.7 cm³/mol. The summed E-state index contributed by atoms with van der Waals surface area (Å²) >= 11 is 7.53. The largest absolute Gasteiger partial charge is 0.369 e. The fraction of sp³-hybridized carbons (Fsp3) is 0.250. The van der Waals surface area contributed by atoms with Gasteiger partial charge in [0.1, 0.15) is 5.82 Å². The van der Waals surface area contributed by atoms with Crippen LogP contribution in [0.3, 0.4) is 0 Å². The van der Waals surface area contributed by atoms with Crippen LogP contribution in [0.2, 0.25) is 5.02 Å². The molecule has 0 radical (unpaired) electrons. The van der Waals surface area contributed by atoms with Crippen LogP contribution in [0.5, 0.6) is 0 Å². The third kappa shape index (κ3) is 3.65. The monoisotopic (exact) mass is 296 g/mol. The van der Waals surface area contributed by atoms with Crippen LogP contribution in [-0.4, -0.2) is 22.4 Å². The van der Waals surface area contributed by atoms with Crippen LogP contribution in [0.1, 0.15) is 23.0 Å². The number of rotatable bonds is 5. The predicted octanol–water partition coefficient (Wildman–Crippen LogP) is 2.55. The Morgan fingerprint density at radius 1 is 1.47 bits per heavy atom. The van der Waals surface area contributed by atoms with Crippen molar-refractivity contribution in [2.45, 2.75) is 13.5 Å². The zero-order chi connectivity index (χ0) is 13.7. The highest BCUT2D eigenvalue weighted by atomic mass is 35.5. The first-order valence-electron chi connectivity index (χ1n) is 5.75. The number of nitrogens with zero attached hydrogens (tertiary/aromatic N) is 2. The maximum atomic E-state index is 11.9. The Balaban J connectivity index is 2.01. The molecule has 0 spiro atoms. The molecule has 0 saturated heterocycles. The van der Waals surface area contributed by atoms with Crippen LogP contribution in [0.25, 0.3) is 0 Å². The molecule has 5 nitrogen and oxygen atoms in total. The van der Waals surface area contributed by atoms with Crippen LogP contribution in [0.4, 0.5) is 5.82 Å². The fourth-order valence-corrected chi connectivity index (χ4v) is 2.25. The lowest BCUT2D eigenvalue weighted by molar-refractivity contribution is 0.0950. The smallest absolute Gasteiger partial charge is 0.253 e. The number of pyridine rings is 1. The molecule has 0 fully saturated rings. The van der Waals surface area contributed by atoms with Crippen LogP contribution in [0, 0.1) is 0 Å². The number of halogens is 1. The summed E-state index contributed by atoms with van der Waals surface area (Å²) < 4.78 is 0. The summed E-state index contributed by atoms with van der Waals surface area (Å²) in [6.45, 7) is 3.07. The molecule has 19 heavy (non-hydrogen) atoms. The first-order chi connectivity index (χ1) is 9.20. The Hall–Kier alpha value is -1.66. The number of carbonyl (C=O) groups excluding carboxylic acids is 1. The molecule has 0 aliphatic carbocycles. The summed E-state index contributed by atoms with van der Waals surface area (Å²) in [4.78, 5) is 20.1. The zero-order valence-electron chi connectivity index (χ0n) is 10.3. The van der Waals surface area contributed by atoms with Gasteiger partial charge in [-0.2, -0.15) is 0 Å². The van der Waals surface area contributed by atoms with Crippen molar-refractivity contribution in [2.24, 2.45) is 0 Å². The highest BCUT2D eigenvalue weighted by Crippen LogP contribution is 2.19. The zero-order valence-corrected chi connectivity index (χ0v) is 11.9. The topological polar surface area (TPSA) is 66.9 Å². The summed E-state index contributed by atoms with van der Waals surface area (Å²) in [5.41, 5.74) is 2.99. The molecule has 2 heterocycles. The molecule has 2 aromatic rings. The van der Waals surface area contributed by atoms with E-state index in [1.54, 1.807) is 11.6 Å². The molecule has 0 unspecified atom stereocenters. The Labute approximate surface area is 120 Å². The van der Waals surface area contributed by atoms with Crippen molar-refractivity contribution < 1.29 is 4.79 Å². The number of thiazole rings is 1. The SMILES string of the molecule is CCNc1ncc(C(=O)NCc2cscn2)cc1Cl. The first-order valence-corrected chi connectivity index (χ1v) is 7.07. The second kappa shape index (κ2) is 6.49. The van der Waals surface area contributed by atoms with Crippen LogP contribution in [0.15, 0.2) is 23.2 Å². The minimum Gasteiger partial charge on any atom is -0.369 e. The quantitative estimate of drug-likeness (QED) is 0.890. The number of aromatic nitrogens is 2. The lowest BCUT2D eigenvalue weighted by Crippen LogP contribution is -2.23. The van der Waals surface area contributed by atoms with Crippen molar-refractivity contribution in [3.8, 4) is 0 Å². The maximum Gasteiger partial charge on any atom is 0.253 e. The molecule has 2 N–H and O–H groups in total. The van der Waals surface area contributed by atoms with Gasteiger partial charge in [-0.05, 0) is 13.0 Å². The Kier molecular flexibility index (Phi) is 4.70. The van der Waals surface area contributed by atoms with Gasteiger partial charge in [-0.3, -0.25) is 4.79 Å². The van der Waals surface area contributed by atoms with Gasteiger partial charge in [0.05, 0.1) is 28.3 Å². The van der Waals surface area contributed by atoms with Gasteiger partial charge in [-0.25, -0.2) is 9.97 Å².